The van der Waals surface area contributed by atoms with Crippen molar-refractivity contribution in [2.24, 2.45) is 0 Å². The number of nitrogens with one attached hydrogen (secondary N) is 1. The number of rotatable bonds is 9. The van der Waals surface area contributed by atoms with E-state index in [1.54, 1.807) is 31.0 Å². The standard InChI is InChI=1S/C14H23NO3S2/c1-4-9-15-12(10-18-2)11-19-13-5-7-14(8-6-13)20(3,16)17/h5-8,12,15H,4,9-11H2,1-3H3. The van der Waals surface area contributed by atoms with E-state index in [2.05, 4.69) is 12.2 Å². The van der Waals surface area contributed by atoms with Crippen LogP contribution in [0.15, 0.2) is 34.1 Å². The Morgan fingerprint density at radius 1 is 1.30 bits per heavy atom. The third-order valence-electron chi connectivity index (χ3n) is 2.75. The summed E-state index contributed by atoms with van der Waals surface area (Å²) in [6.45, 7) is 3.78. The third kappa shape index (κ3) is 6.26. The van der Waals surface area contributed by atoms with Crippen molar-refractivity contribution in [1.82, 2.24) is 5.32 Å². The van der Waals surface area contributed by atoms with Crippen molar-refractivity contribution in [3.8, 4) is 0 Å². The first-order chi connectivity index (χ1) is 9.47. The van der Waals surface area contributed by atoms with Gasteiger partial charge in [0.1, 0.15) is 0 Å². The summed E-state index contributed by atoms with van der Waals surface area (Å²) >= 11 is 1.70. The lowest BCUT2D eigenvalue weighted by Gasteiger charge is -2.17. The quantitative estimate of drug-likeness (QED) is 0.708. The van der Waals surface area contributed by atoms with E-state index in [9.17, 15) is 8.42 Å². The zero-order valence-electron chi connectivity index (χ0n) is 12.3. The maximum atomic E-state index is 11.4. The average molecular weight is 317 g/mol. The Balaban J connectivity index is 2.55. The van der Waals surface area contributed by atoms with Crippen LogP contribution in [0.5, 0.6) is 0 Å². The van der Waals surface area contributed by atoms with Crippen LogP contribution in [-0.2, 0) is 14.6 Å². The lowest BCUT2D eigenvalue weighted by atomic mass is 10.3. The minimum Gasteiger partial charge on any atom is -0.383 e. The van der Waals surface area contributed by atoms with Crippen LogP contribution in [0.3, 0.4) is 0 Å². The molecule has 0 fully saturated rings. The fourth-order valence-electron chi connectivity index (χ4n) is 1.70. The van der Waals surface area contributed by atoms with Gasteiger partial charge in [0, 0.05) is 30.1 Å². The molecule has 114 valence electrons. The summed E-state index contributed by atoms with van der Waals surface area (Å²) in [5.41, 5.74) is 0. The molecule has 4 nitrogen and oxygen atoms in total. The fraction of sp³-hybridized carbons (Fsp3) is 0.571. The van der Waals surface area contributed by atoms with Crippen LogP contribution in [0.25, 0.3) is 0 Å². The molecule has 0 saturated heterocycles. The predicted molar refractivity (Wildman–Crippen MR) is 84.2 cm³/mol. The molecule has 0 spiro atoms. The molecule has 1 rings (SSSR count). The number of sulfone groups is 1. The van der Waals surface area contributed by atoms with Gasteiger partial charge >= 0.3 is 0 Å². The maximum absolute atomic E-state index is 11.4. The van der Waals surface area contributed by atoms with Gasteiger partial charge in [0.2, 0.25) is 0 Å². The van der Waals surface area contributed by atoms with Crippen LogP contribution in [0, 0.1) is 0 Å². The molecular weight excluding hydrogens is 294 g/mol. The summed E-state index contributed by atoms with van der Waals surface area (Å²) in [6, 6.07) is 7.32. The number of hydrogen-bond donors (Lipinski definition) is 1. The van der Waals surface area contributed by atoms with Crippen molar-refractivity contribution in [3.63, 3.8) is 0 Å². The molecule has 1 unspecified atom stereocenters. The summed E-state index contributed by atoms with van der Waals surface area (Å²) in [5.74, 6) is 0.895. The van der Waals surface area contributed by atoms with Crippen molar-refractivity contribution in [2.75, 3.05) is 32.3 Å². The van der Waals surface area contributed by atoms with E-state index in [1.807, 2.05) is 12.1 Å². The minimum atomic E-state index is -3.11. The van der Waals surface area contributed by atoms with Crippen LogP contribution >= 0.6 is 11.8 Å². The molecule has 20 heavy (non-hydrogen) atoms. The maximum Gasteiger partial charge on any atom is 0.175 e. The van der Waals surface area contributed by atoms with Crippen LogP contribution in [0.1, 0.15) is 13.3 Å². The van der Waals surface area contributed by atoms with Crippen molar-refractivity contribution in [2.45, 2.75) is 29.2 Å². The molecule has 0 bridgehead atoms. The number of benzene rings is 1. The fourth-order valence-corrected chi connectivity index (χ4v) is 3.26. The second-order valence-electron chi connectivity index (χ2n) is 4.66. The van der Waals surface area contributed by atoms with Crippen LogP contribution < -0.4 is 5.32 Å². The largest absolute Gasteiger partial charge is 0.383 e. The van der Waals surface area contributed by atoms with Gasteiger partial charge in [-0.1, -0.05) is 6.92 Å². The molecule has 1 aromatic rings. The van der Waals surface area contributed by atoms with Gasteiger partial charge < -0.3 is 10.1 Å². The molecule has 1 atom stereocenters. The first kappa shape index (κ1) is 17.5. The highest BCUT2D eigenvalue weighted by Crippen LogP contribution is 2.21. The van der Waals surface area contributed by atoms with Gasteiger partial charge in [-0.25, -0.2) is 8.42 Å². The normalized spacial score (nSPS) is 13.3. The Bertz CT molecular complexity index is 486. The first-order valence-electron chi connectivity index (χ1n) is 6.62. The second kappa shape index (κ2) is 8.67. The molecular formula is C14H23NO3S2. The Morgan fingerprint density at radius 2 is 1.95 bits per heavy atom. The van der Waals surface area contributed by atoms with E-state index in [0.29, 0.717) is 17.5 Å². The van der Waals surface area contributed by atoms with Crippen molar-refractivity contribution >= 4 is 21.6 Å². The first-order valence-corrected chi connectivity index (χ1v) is 9.50. The molecule has 1 aromatic carbocycles. The molecule has 0 heterocycles. The number of methoxy groups -OCH3 is 1. The van der Waals surface area contributed by atoms with Crippen molar-refractivity contribution < 1.29 is 13.2 Å². The molecule has 0 aliphatic heterocycles. The second-order valence-corrected chi connectivity index (χ2v) is 7.77. The summed E-state index contributed by atoms with van der Waals surface area (Å²) in [5, 5.41) is 3.43. The van der Waals surface area contributed by atoms with Gasteiger partial charge in [0.15, 0.2) is 9.84 Å². The Labute approximate surface area is 126 Å². The van der Waals surface area contributed by atoms with E-state index >= 15 is 0 Å². The molecule has 0 aliphatic rings. The smallest absolute Gasteiger partial charge is 0.175 e. The van der Waals surface area contributed by atoms with E-state index in [4.69, 9.17) is 4.74 Å². The summed E-state index contributed by atoms with van der Waals surface area (Å²) < 4.78 is 28.0. The minimum absolute atomic E-state index is 0.305. The Hall–Kier alpha value is -0.560. The Kier molecular flexibility index (Phi) is 7.58. The predicted octanol–water partition coefficient (Wildman–Crippen LogP) is 2.20. The number of hydrogen-bond acceptors (Lipinski definition) is 5. The summed E-state index contributed by atoms with van der Waals surface area (Å²) in [7, 11) is -1.41. The van der Waals surface area contributed by atoms with E-state index in [0.717, 1.165) is 23.6 Å². The van der Waals surface area contributed by atoms with Crippen LogP contribution in [0.2, 0.25) is 0 Å². The molecule has 0 aliphatic carbocycles. The van der Waals surface area contributed by atoms with E-state index in [1.165, 1.54) is 6.26 Å². The zero-order valence-corrected chi connectivity index (χ0v) is 13.9. The molecule has 0 aromatic heterocycles. The van der Waals surface area contributed by atoms with Crippen molar-refractivity contribution in [3.05, 3.63) is 24.3 Å². The SMILES string of the molecule is CCCNC(COC)CSc1ccc(S(C)(=O)=O)cc1. The third-order valence-corrected chi connectivity index (χ3v) is 5.06. The van der Waals surface area contributed by atoms with Gasteiger partial charge in [-0.2, -0.15) is 0 Å². The highest BCUT2D eigenvalue weighted by atomic mass is 32.2. The van der Waals surface area contributed by atoms with Crippen molar-refractivity contribution in [1.29, 1.82) is 0 Å². The highest BCUT2D eigenvalue weighted by Gasteiger charge is 2.09. The number of thioether (sulfide) groups is 1. The van der Waals surface area contributed by atoms with Gasteiger partial charge in [-0.05, 0) is 37.2 Å². The molecule has 6 heteroatoms. The highest BCUT2D eigenvalue weighted by molar-refractivity contribution is 7.99. The van der Waals surface area contributed by atoms with Gasteiger partial charge in [-0.15, -0.1) is 11.8 Å². The summed E-state index contributed by atoms with van der Waals surface area (Å²) in [6.07, 6.45) is 2.31. The lowest BCUT2D eigenvalue weighted by molar-refractivity contribution is 0.174. The zero-order chi connectivity index (χ0) is 15.0. The Morgan fingerprint density at radius 3 is 2.45 bits per heavy atom. The van der Waals surface area contributed by atoms with Crippen LogP contribution in [-0.4, -0.2) is 46.7 Å². The molecule has 1 N–H and O–H groups in total. The molecule has 0 radical (unpaired) electrons. The molecule has 0 amide bonds. The number of ether oxygens (including phenoxy) is 1. The van der Waals surface area contributed by atoms with Gasteiger partial charge in [0.05, 0.1) is 11.5 Å². The van der Waals surface area contributed by atoms with E-state index < -0.39 is 9.84 Å². The van der Waals surface area contributed by atoms with E-state index in [-0.39, 0.29) is 0 Å². The van der Waals surface area contributed by atoms with Crippen LogP contribution in [0.4, 0.5) is 0 Å². The lowest BCUT2D eigenvalue weighted by Crippen LogP contribution is -2.35. The monoisotopic (exact) mass is 317 g/mol. The summed E-state index contributed by atoms with van der Waals surface area (Å²) in [4.78, 5) is 1.43. The van der Waals surface area contributed by atoms with Gasteiger partial charge in [0.25, 0.3) is 0 Å². The average Bonchev–Trinajstić information content (AvgIpc) is 2.41. The molecule has 0 saturated carbocycles. The van der Waals surface area contributed by atoms with Gasteiger partial charge in [-0.3, -0.25) is 0 Å². The topological polar surface area (TPSA) is 55.4 Å².